The Balaban J connectivity index is 1.94. The number of nitrogens with zero attached hydrogens (tertiary/aromatic N) is 3. The minimum absolute atomic E-state index is 0.0210. The normalized spacial score (nSPS) is 10.6. The molecule has 0 radical (unpaired) electrons. The second-order valence-electron chi connectivity index (χ2n) is 6.65. The molecule has 9 nitrogen and oxygen atoms in total. The smallest absolute Gasteiger partial charge is 0.373 e. The zero-order valence-electron chi connectivity index (χ0n) is 17.1. The molecule has 2 aromatic carbocycles. The molecule has 0 aliphatic rings. The molecule has 0 bridgehead atoms. The van der Waals surface area contributed by atoms with Gasteiger partial charge < -0.3 is 19.5 Å². The summed E-state index contributed by atoms with van der Waals surface area (Å²) in [5, 5.41) is 14.7. The number of ether oxygens (including phenoxy) is 3. The van der Waals surface area contributed by atoms with Gasteiger partial charge in [0.15, 0.2) is 0 Å². The molecule has 0 saturated heterocycles. The predicted molar refractivity (Wildman–Crippen MR) is 112 cm³/mol. The fourth-order valence-electron chi connectivity index (χ4n) is 2.76. The predicted octanol–water partition coefficient (Wildman–Crippen LogP) is 5.06. The van der Waals surface area contributed by atoms with Crippen molar-refractivity contribution < 1.29 is 19.1 Å². The molecule has 30 heavy (non-hydrogen) atoms. The third-order valence-electron chi connectivity index (χ3n) is 4.39. The van der Waals surface area contributed by atoms with E-state index >= 15 is 0 Å². The Morgan fingerprint density at radius 2 is 1.70 bits per heavy atom. The number of nitro groups is 1. The average molecular weight is 410 g/mol. The first-order valence-corrected chi connectivity index (χ1v) is 9.19. The number of rotatable bonds is 8. The van der Waals surface area contributed by atoms with Crippen LogP contribution in [0.4, 0.5) is 17.2 Å². The van der Waals surface area contributed by atoms with E-state index in [2.05, 4.69) is 29.1 Å². The third kappa shape index (κ3) is 4.57. The van der Waals surface area contributed by atoms with Crippen LogP contribution in [0.3, 0.4) is 0 Å². The zero-order valence-corrected chi connectivity index (χ0v) is 17.1. The maximum Gasteiger partial charge on any atom is 0.373 e. The molecular formula is C21H22N4O5. The standard InChI is InChI=1S/C21H22N4O5/c1-13(2)14-5-7-15(8-6-14)30-21-19(25(26)27)20(22-12-23-21)24-17-10-9-16(28-3)11-18(17)29-4/h5-13H,1-4H3,(H,22,23,24). The maximum absolute atomic E-state index is 11.8. The number of anilines is 2. The zero-order chi connectivity index (χ0) is 21.7. The number of hydrogen-bond donors (Lipinski definition) is 1. The highest BCUT2D eigenvalue weighted by atomic mass is 16.6. The Hall–Kier alpha value is -3.88. The monoisotopic (exact) mass is 410 g/mol. The van der Waals surface area contributed by atoms with Crippen molar-refractivity contribution in [2.24, 2.45) is 0 Å². The Morgan fingerprint density at radius 1 is 1.00 bits per heavy atom. The molecule has 0 amide bonds. The van der Waals surface area contributed by atoms with Crippen molar-refractivity contribution in [3.63, 3.8) is 0 Å². The lowest BCUT2D eigenvalue weighted by Gasteiger charge is -2.13. The molecule has 0 saturated carbocycles. The average Bonchev–Trinajstić information content (AvgIpc) is 2.74. The van der Waals surface area contributed by atoms with Gasteiger partial charge in [0, 0.05) is 6.07 Å². The number of methoxy groups -OCH3 is 2. The van der Waals surface area contributed by atoms with E-state index in [1.807, 2.05) is 12.1 Å². The number of nitrogens with one attached hydrogen (secondary N) is 1. The van der Waals surface area contributed by atoms with Gasteiger partial charge in [-0.3, -0.25) is 10.1 Å². The van der Waals surface area contributed by atoms with Gasteiger partial charge in [0.2, 0.25) is 5.82 Å². The summed E-state index contributed by atoms with van der Waals surface area (Å²) < 4.78 is 16.2. The summed E-state index contributed by atoms with van der Waals surface area (Å²) >= 11 is 0. The van der Waals surface area contributed by atoms with E-state index in [0.29, 0.717) is 28.9 Å². The SMILES string of the molecule is COc1ccc(Nc2ncnc(Oc3ccc(C(C)C)cc3)c2[N+](=O)[O-])c(OC)c1. The first-order valence-electron chi connectivity index (χ1n) is 9.19. The van der Waals surface area contributed by atoms with Gasteiger partial charge in [-0.05, 0) is 35.7 Å². The van der Waals surface area contributed by atoms with Crippen molar-refractivity contribution in [2.45, 2.75) is 19.8 Å². The lowest BCUT2D eigenvalue weighted by atomic mass is 10.0. The van der Waals surface area contributed by atoms with Crippen LogP contribution in [0.25, 0.3) is 0 Å². The number of aromatic nitrogens is 2. The van der Waals surface area contributed by atoms with Crippen LogP contribution in [0.5, 0.6) is 23.1 Å². The van der Waals surface area contributed by atoms with Crippen LogP contribution in [0.15, 0.2) is 48.8 Å². The second kappa shape index (κ2) is 9.08. The van der Waals surface area contributed by atoms with E-state index in [0.717, 1.165) is 5.56 Å². The second-order valence-corrected chi connectivity index (χ2v) is 6.65. The molecule has 3 rings (SSSR count). The Morgan fingerprint density at radius 3 is 2.30 bits per heavy atom. The lowest BCUT2D eigenvalue weighted by molar-refractivity contribution is -0.385. The Bertz CT molecular complexity index is 1040. The first kappa shape index (κ1) is 20.8. The van der Waals surface area contributed by atoms with Gasteiger partial charge in [-0.1, -0.05) is 26.0 Å². The summed E-state index contributed by atoms with van der Waals surface area (Å²) in [6, 6.07) is 12.4. The third-order valence-corrected chi connectivity index (χ3v) is 4.39. The van der Waals surface area contributed by atoms with Crippen molar-refractivity contribution in [2.75, 3.05) is 19.5 Å². The van der Waals surface area contributed by atoms with Crippen LogP contribution in [0.2, 0.25) is 0 Å². The fraction of sp³-hybridized carbons (Fsp3) is 0.238. The Labute approximate surface area is 173 Å². The summed E-state index contributed by atoms with van der Waals surface area (Å²) in [6.07, 6.45) is 1.20. The van der Waals surface area contributed by atoms with E-state index in [1.54, 1.807) is 30.3 Å². The molecule has 1 aromatic heterocycles. The van der Waals surface area contributed by atoms with Gasteiger partial charge in [0.25, 0.3) is 0 Å². The van der Waals surface area contributed by atoms with Crippen LogP contribution in [0, 0.1) is 10.1 Å². The van der Waals surface area contributed by atoms with Crippen molar-refractivity contribution in [1.82, 2.24) is 9.97 Å². The van der Waals surface area contributed by atoms with Crippen LogP contribution < -0.4 is 19.5 Å². The molecular weight excluding hydrogens is 388 g/mol. The van der Waals surface area contributed by atoms with Crippen LogP contribution in [-0.2, 0) is 0 Å². The van der Waals surface area contributed by atoms with Crippen molar-refractivity contribution >= 4 is 17.2 Å². The molecule has 0 fully saturated rings. The molecule has 9 heteroatoms. The highest BCUT2D eigenvalue weighted by Gasteiger charge is 2.26. The van der Waals surface area contributed by atoms with E-state index < -0.39 is 4.92 Å². The lowest BCUT2D eigenvalue weighted by Crippen LogP contribution is -2.04. The largest absolute Gasteiger partial charge is 0.497 e. The number of benzene rings is 2. The van der Waals surface area contributed by atoms with E-state index in [1.165, 1.54) is 20.5 Å². The molecule has 1 N–H and O–H groups in total. The van der Waals surface area contributed by atoms with E-state index in [-0.39, 0.29) is 17.4 Å². The molecule has 3 aromatic rings. The van der Waals surface area contributed by atoms with Crippen LogP contribution in [0.1, 0.15) is 25.3 Å². The van der Waals surface area contributed by atoms with Crippen LogP contribution in [-0.4, -0.2) is 29.1 Å². The minimum Gasteiger partial charge on any atom is -0.497 e. The van der Waals surface area contributed by atoms with E-state index in [9.17, 15) is 10.1 Å². The van der Waals surface area contributed by atoms with Gasteiger partial charge in [0.05, 0.1) is 24.8 Å². The quantitative estimate of drug-likeness (QED) is 0.405. The Kier molecular flexibility index (Phi) is 6.31. The van der Waals surface area contributed by atoms with Crippen molar-refractivity contribution in [1.29, 1.82) is 0 Å². The number of hydrogen-bond acceptors (Lipinski definition) is 8. The van der Waals surface area contributed by atoms with Crippen LogP contribution >= 0.6 is 0 Å². The first-order chi connectivity index (χ1) is 14.4. The minimum atomic E-state index is -0.587. The molecule has 0 atom stereocenters. The summed E-state index contributed by atoms with van der Waals surface area (Å²) in [6.45, 7) is 4.16. The molecule has 0 aliphatic carbocycles. The van der Waals surface area contributed by atoms with Gasteiger partial charge in [-0.25, -0.2) is 4.98 Å². The highest BCUT2D eigenvalue weighted by Crippen LogP contribution is 2.38. The fourth-order valence-corrected chi connectivity index (χ4v) is 2.76. The molecule has 1 heterocycles. The topological polar surface area (TPSA) is 109 Å². The van der Waals surface area contributed by atoms with Gasteiger partial charge in [0.1, 0.15) is 23.6 Å². The molecule has 0 unspecified atom stereocenters. The molecule has 0 aliphatic heterocycles. The van der Waals surface area contributed by atoms with Gasteiger partial charge in [-0.15, -0.1) is 0 Å². The summed E-state index contributed by atoms with van der Waals surface area (Å²) in [4.78, 5) is 19.2. The molecule has 0 spiro atoms. The summed E-state index contributed by atoms with van der Waals surface area (Å²) in [5.74, 6) is 1.64. The highest BCUT2D eigenvalue weighted by molar-refractivity contribution is 5.72. The summed E-state index contributed by atoms with van der Waals surface area (Å²) in [7, 11) is 3.03. The van der Waals surface area contributed by atoms with Crippen molar-refractivity contribution in [3.05, 3.63) is 64.5 Å². The maximum atomic E-state index is 11.8. The van der Waals surface area contributed by atoms with Gasteiger partial charge >= 0.3 is 11.6 Å². The summed E-state index contributed by atoms with van der Waals surface area (Å²) in [5.41, 5.74) is 1.23. The molecule has 156 valence electrons. The van der Waals surface area contributed by atoms with E-state index in [4.69, 9.17) is 14.2 Å². The van der Waals surface area contributed by atoms with Crippen molar-refractivity contribution in [3.8, 4) is 23.1 Å². The van der Waals surface area contributed by atoms with Gasteiger partial charge in [-0.2, -0.15) is 4.98 Å².